The first-order valence-corrected chi connectivity index (χ1v) is 5.75. The number of halogens is 4. The van der Waals surface area contributed by atoms with Gasteiger partial charge in [-0.2, -0.15) is 17.6 Å². The van der Waals surface area contributed by atoms with Crippen LogP contribution >= 0.6 is 0 Å². The highest BCUT2D eigenvalue weighted by Gasteiger charge is 2.44. The van der Waals surface area contributed by atoms with E-state index >= 15 is 0 Å². The van der Waals surface area contributed by atoms with Crippen molar-refractivity contribution in [2.45, 2.75) is 12.5 Å². The molecule has 1 heterocycles. The third kappa shape index (κ3) is 2.91. The minimum Gasteiger partial charge on any atom is -0.428 e. The Morgan fingerprint density at radius 2 is 1.76 bits per heavy atom. The Kier molecular flexibility index (Phi) is 3.75. The van der Waals surface area contributed by atoms with E-state index in [-0.39, 0.29) is 12.2 Å². The molecule has 0 aliphatic carbocycles. The van der Waals surface area contributed by atoms with Gasteiger partial charge in [0.25, 0.3) is 5.91 Å². The minimum absolute atomic E-state index is 0.0967. The van der Waals surface area contributed by atoms with Gasteiger partial charge in [0.05, 0.1) is 5.69 Å². The van der Waals surface area contributed by atoms with Crippen LogP contribution < -0.4 is 9.64 Å². The molecule has 1 fully saturated rings. The lowest BCUT2D eigenvalue weighted by Crippen LogP contribution is -2.33. The van der Waals surface area contributed by atoms with Crippen LogP contribution in [-0.2, 0) is 4.79 Å². The molecule has 2 rings (SSSR count). The number of benzene rings is 1. The lowest BCUT2D eigenvalue weighted by atomic mass is 10.3. The summed E-state index contributed by atoms with van der Waals surface area (Å²) in [5, 5.41) is 0. The largest absolute Gasteiger partial charge is 0.461 e. The van der Waals surface area contributed by atoms with Crippen molar-refractivity contribution in [2.24, 2.45) is 0 Å². The van der Waals surface area contributed by atoms with Gasteiger partial charge in [-0.15, -0.1) is 0 Å². The maximum Gasteiger partial charge on any atom is 0.461 e. The Hall–Kier alpha value is -2.32. The van der Waals surface area contributed by atoms with Crippen molar-refractivity contribution in [1.29, 1.82) is 0 Å². The minimum atomic E-state index is -4.61. The molecule has 1 saturated heterocycles. The fraction of sp³-hybridized carbons (Fsp3) is 0.333. The molecule has 1 aliphatic heterocycles. The van der Waals surface area contributed by atoms with Gasteiger partial charge in [0.1, 0.15) is 12.3 Å². The van der Waals surface area contributed by atoms with Gasteiger partial charge in [-0.1, -0.05) is 0 Å². The number of alkyl halides is 4. The molecular weight excluding hydrogens is 296 g/mol. The normalized spacial score (nSPS) is 16.1. The van der Waals surface area contributed by atoms with E-state index in [0.29, 0.717) is 0 Å². The molecule has 3 amide bonds. The summed E-state index contributed by atoms with van der Waals surface area (Å²) in [6, 6.07) is 3.71. The fourth-order valence-electron chi connectivity index (χ4n) is 1.74. The summed E-state index contributed by atoms with van der Waals surface area (Å²) >= 11 is 0. The monoisotopic (exact) mass is 306 g/mol. The number of imide groups is 1. The number of likely N-dealkylation sites (N-methyl/N-ethyl adjacent to an activating group) is 1. The second-order valence-corrected chi connectivity index (χ2v) is 4.33. The van der Waals surface area contributed by atoms with Crippen molar-refractivity contribution in [3.05, 3.63) is 24.3 Å². The topological polar surface area (TPSA) is 49.9 Å². The Bertz CT molecular complexity index is 562. The highest BCUT2D eigenvalue weighted by atomic mass is 19.3. The first-order valence-electron chi connectivity index (χ1n) is 5.75. The van der Waals surface area contributed by atoms with Crippen molar-refractivity contribution < 1.29 is 31.9 Å². The number of hydrogen-bond acceptors (Lipinski definition) is 3. The van der Waals surface area contributed by atoms with Gasteiger partial charge in [-0.25, -0.2) is 9.69 Å². The van der Waals surface area contributed by atoms with E-state index in [9.17, 15) is 27.2 Å². The van der Waals surface area contributed by atoms with Crippen molar-refractivity contribution in [3.63, 3.8) is 0 Å². The number of carbonyl (C=O) groups excluding carboxylic acids is 2. The average molecular weight is 306 g/mol. The number of hydrogen-bond donors (Lipinski definition) is 0. The fourth-order valence-corrected chi connectivity index (χ4v) is 1.74. The van der Waals surface area contributed by atoms with E-state index in [2.05, 4.69) is 4.74 Å². The molecule has 0 unspecified atom stereocenters. The molecule has 21 heavy (non-hydrogen) atoms. The lowest BCUT2D eigenvalue weighted by molar-refractivity contribution is -0.253. The summed E-state index contributed by atoms with van der Waals surface area (Å²) in [4.78, 5) is 25.3. The lowest BCUT2D eigenvalue weighted by Gasteiger charge is -2.18. The number of ether oxygens (including phenoxy) is 1. The Morgan fingerprint density at radius 3 is 2.19 bits per heavy atom. The molecule has 0 spiro atoms. The van der Waals surface area contributed by atoms with Gasteiger partial charge in [0.15, 0.2) is 0 Å². The standard InChI is InChI=1S/C12H10F4N2O3/c1-17-6-9(19)18(11(17)20)7-2-4-8(5-3-7)21-12(15,16)10(13)14/h2-5,10H,6H2,1H3. The second-order valence-electron chi connectivity index (χ2n) is 4.33. The summed E-state index contributed by atoms with van der Waals surface area (Å²) in [6.07, 6.45) is -8.58. The highest BCUT2D eigenvalue weighted by Crippen LogP contribution is 2.29. The molecule has 0 saturated carbocycles. The van der Waals surface area contributed by atoms with Crippen LogP contribution in [-0.4, -0.2) is 43.0 Å². The van der Waals surface area contributed by atoms with Gasteiger partial charge in [-0.3, -0.25) is 4.79 Å². The zero-order valence-electron chi connectivity index (χ0n) is 10.7. The summed E-state index contributed by atoms with van der Waals surface area (Å²) in [6.45, 7) is -0.0967. The maximum atomic E-state index is 12.7. The number of urea groups is 1. The summed E-state index contributed by atoms with van der Waals surface area (Å²) < 4.78 is 53.3. The third-order valence-electron chi connectivity index (χ3n) is 2.74. The van der Waals surface area contributed by atoms with E-state index in [1.807, 2.05) is 0 Å². The van der Waals surface area contributed by atoms with Crippen molar-refractivity contribution in [1.82, 2.24) is 4.90 Å². The zero-order valence-corrected chi connectivity index (χ0v) is 10.7. The van der Waals surface area contributed by atoms with Crippen molar-refractivity contribution >= 4 is 17.6 Å². The van der Waals surface area contributed by atoms with Gasteiger partial charge in [0.2, 0.25) is 0 Å². The Morgan fingerprint density at radius 1 is 1.19 bits per heavy atom. The van der Waals surface area contributed by atoms with E-state index in [0.717, 1.165) is 29.2 Å². The van der Waals surface area contributed by atoms with Crippen LogP contribution in [0.4, 0.5) is 28.0 Å². The molecule has 114 valence electrons. The first-order chi connectivity index (χ1) is 9.72. The predicted octanol–water partition coefficient (Wildman–Crippen LogP) is 2.32. The number of rotatable bonds is 4. The van der Waals surface area contributed by atoms with Crippen LogP contribution in [0.3, 0.4) is 0 Å². The molecule has 0 atom stereocenters. The molecule has 0 radical (unpaired) electrons. The van der Waals surface area contributed by atoms with Gasteiger partial charge in [0, 0.05) is 7.05 Å². The SMILES string of the molecule is CN1CC(=O)N(c2ccc(OC(F)(F)C(F)F)cc2)C1=O. The van der Waals surface area contributed by atoms with Crippen molar-refractivity contribution in [2.75, 3.05) is 18.5 Å². The van der Waals surface area contributed by atoms with Crippen LogP contribution in [0.5, 0.6) is 5.75 Å². The molecule has 0 bridgehead atoms. The highest BCUT2D eigenvalue weighted by molar-refractivity contribution is 6.19. The molecule has 1 aromatic carbocycles. The smallest absolute Gasteiger partial charge is 0.428 e. The zero-order chi connectivity index (χ0) is 15.8. The Balaban J connectivity index is 2.16. The van der Waals surface area contributed by atoms with Crippen LogP contribution in [0.1, 0.15) is 0 Å². The van der Waals surface area contributed by atoms with Crippen molar-refractivity contribution in [3.8, 4) is 5.75 Å². The average Bonchev–Trinajstić information content (AvgIpc) is 2.64. The number of nitrogens with zero attached hydrogens (tertiary/aromatic N) is 2. The van der Waals surface area contributed by atoms with Crippen LogP contribution in [0.25, 0.3) is 0 Å². The number of amides is 3. The molecule has 0 N–H and O–H groups in total. The maximum absolute atomic E-state index is 12.7. The van der Waals surface area contributed by atoms with Gasteiger partial charge < -0.3 is 9.64 Å². The molecular formula is C12H10F4N2O3. The third-order valence-corrected chi connectivity index (χ3v) is 2.74. The molecule has 1 aliphatic rings. The van der Waals surface area contributed by atoms with Gasteiger partial charge >= 0.3 is 18.6 Å². The summed E-state index contributed by atoms with van der Waals surface area (Å²) in [5.74, 6) is -0.981. The molecule has 0 aromatic heterocycles. The van der Waals surface area contributed by atoms with Crippen LogP contribution in [0, 0.1) is 0 Å². The van der Waals surface area contributed by atoms with E-state index in [1.165, 1.54) is 11.9 Å². The first kappa shape index (κ1) is 15.1. The second kappa shape index (κ2) is 5.23. The molecule has 5 nitrogen and oxygen atoms in total. The number of carbonyl (C=O) groups is 2. The summed E-state index contributed by atoms with van der Waals surface area (Å²) in [5.41, 5.74) is 0.141. The van der Waals surface area contributed by atoms with E-state index in [1.54, 1.807) is 0 Å². The van der Waals surface area contributed by atoms with E-state index < -0.39 is 30.2 Å². The number of anilines is 1. The van der Waals surface area contributed by atoms with Crippen LogP contribution in [0.15, 0.2) is 24.3 Å². The molecule has 1 aromatic rings. The van der Waals surface area contributed by atoms with Crippen LogP contribution in [0.2, 0.25) is 0 Å². The van der Waals surface area contributed by atoms with Gasteiger partial charge in [-0.05, 0) is 24.3 Å². The quantitative estimate of drug-likeness (QED) is 0.633. The molecule has 9 heteroatoms. The summed E-state index contributed by atoms with van der Waals surface area (Å²) in [7, 11) is 1.43. The Labute approximate surface area is 116 Å². The van der Waals surface area contributed by atoms with E-state index in [4.69, 9.17) is 0 Å². The predicted molar refractivity (Wildman–Crippen MR) is 63.5 cm³/mol.